The van der Waals surface area contributed by atoms with Crippen molar-refractivity contribution in [2.24, 2.45) is 5.92 Å². The molecule has 1 radical (unpaired) electrons. The van der Waals surface area contributed by atoms with E-state index in [1.165, 1.54) is 89.9 Å². The molecule has 2 heteroatoms. The number of unbranched alkanes of at least 4 members (excludes halogenated alkanes) is 13. The zero-order chi connectivity index (χ0) is 15.8. The Kier molecular flexibility index (Phi) is 16.2. The third kappa shape index (κ3) is 16.1. The summed E-state index contributed by atoms with van der Waals surface area (Å²) in [5, 5.41) is -0.0651. The highest BCUT2D eigenvalue weighted by Gasteiger charge is 2.08. The quantitative estimate of drug-likeness (QED) is 0.275. The maximum atomic E-state index is 10.9. The molecule has 0 aromatic heterocycles. The summed E-state index contributed by atoms with van der Waals surface area (Å²) in [7, 11) is 0. The van der Waals surface area contributed by atoms with Crippen molar-refractivity contribution in [3.05, 3.63) is 0 Å². The molecule has 1 unspecified atom stereocenters. The first-order valence-corrected chi connectivity index (χ1v) is 9.80. The molecule has 0 aliphatic rings. The molecule has 0 aliphatic carbocycles. The molecule has 0 rings (SSSR count). The molecule has 1 atom stereocenters. The smallest absolute Gasteiger partial charge is 0.221 e. The van der Waals surface area contributed by atoms with E-state index in [4.69, 9.17) is 0 Å². The average molecular weight is 314 g/mol. The zero-order valence-electron chi connectivity index (χ0n) is 14.5. The molecule has 0 heterocycles. The lowest BCUT2D eigenvalue weighted by molar-refractivity contribution is -0.113. The highest BCUT2D eigenvalue weighted by molar-refractivity contribution is 7.96. The Morgan fingerprint density at radius 3 is 1.38 bits per heavy atom. The standard InChI is InChI=1S/C19H37OS/c1-3-4-5-6-7-8-9-10-11-12-13-14-15-16-17-18(2)19(20)21/h18H,3-17H2,1-2H3. The van der Waals surface area contributed by atoms with Crippen LogP contribution in [0.2, 0.25) is 0 Å². The first-order chi connectivity index (χ1) is 10.2. The van der Waals surface area contributed by atoms with Gasteiger partial charge >= 0.3 is 0 Å². The average Bonchev–Trinajstić information content (AvgIpc) is 2.47. The molecule has 125 valence electrons. The van der Waals surface area contributed by atoms with Crippen LogP contribution in [0.1, 0.15) is 110 Å². The Hall–Kier alpha value is -0.110. The minimum atomic E-state index is -0.0651. The van der Waals surface area contributed by atoms with Crippen LogP contribution in [0, 0.1) is 5.92 Å². The van der Waals surface area contributed by atoms with Gasteiger partial charge in [0.2, 0.25) is 5.12 Å². The van der Waals surface area contributed by atoms with Crippen molar-refractivity contribution in [1.82, 2.24) is 0 Å². The molecule has 0 aromatic rings. The van der Waals surface area contributed by atoms with Crippen molar-refractivity contribution in [2.45, 2.75) is 110 Å². The summed E-state index contributed by atoms with van der Waals surface area (Å²) in [5.41, 5.74) is 0. The molecule has 0 bridgehead atoms. The number of carbonyl (C=O) groups is 1. The van der Waals surface area contributed by atoms with Crippen molar-refractivity contribution in [2.75, 3.05) is 0 Å². The van der Waals surface area contributed by atoms with Crippen molar-refractivity contribution in [3.8, 4) is 0 Å². The molecule has 0 aliphatic heterocycles. The van der Waals surface area contributed by atoms with Crippen LogP contribution >= 0.6 is 12.6 Å². The maximum Gasteiger partial charge on any atom is 0.221 e. The SMILES string of the molecule is CCCCCCCCCCCCCCCCC(C)C(=O)[S]. The second kappa shape index (κ2) is 16.3. The van der Waals surface area contributed by atoms with E-state index in [0.717, 1.165) is 6.42 Å². The predicted molar refractivity (Wildman–Crippen MR) is 96.7 cm³/mol. The lowest BCUT2D eigenvalue weighted by Crippen LogP contribution is -2.03. The van der Waals surface area contributed by atoms with E-state index in [0.29, 0.717) is 0 Å². The topological polar surface area (TPSA) is 17.1 Å². The van der Waals surface area contributed by atoms with Gasteiger partial charge in [0.05, 0.1) is 0 Å². The monoisotopic (exact) mass is 313 g/mol. The van der Waals surface area contributed by atoms with E-state index in [1.807, 2.05) is 6.92 Å². The Bertz CT molecular complexity index is 228. The minimum absolute atomic E-state index is 0.0651. The van der Waals surface area contributed by atoms with Gasteiger partial charge in [0.1, 0.15) is 0 Å². The molecular weight excluding hydrogens is 276 g/mol. The van der Waals surface area contributed by atoms with Gasteiger partial charge in [0.25, 0.3) is 0 Å². The Morgan fingerprint density at radius 1 is 0.714 bits per heavy atom. The van der Waals surface area contributed by atoms with Gasteiger partial charge in [-0.15, -0.1) is 0 Å². The van der Waals surface area contributed by atoms with Gasteiger partial charge in [-0.25, -0.2) is 0 Å². The molecule has 0 saturated carbocycles. The summed E-state index contributed by atoms with van der Waals surface area (Å²) in [5.74, 6) is 0.0947. The zero-order valence-corrected chi connectivity index (χ0v) is 15.3. The van der Waals surface area contributed by atoms with E-state index < -0.39 is 0 Å². The highest BCUT2D eigenvalue weighted by atomic mass is 32.1. The molecule has 0 spiro atoms. The first kappa shape index (κ1) is 20.9. The van der Waals surface area contributed by atoms with Gasteiger partial charge < -0.3 is 0 Å². The molecule has 0 fully saturated rings. The number of hydrogen-bond acceptors (Lipinski definition) is 1. The van der Waals surface area contributed by atoms with Crippen LogP contribution in [0.3, 0.4) is 0 Å². The largest absolute Gasteiger partial charge is 0.282 e. The third-order valence-corrected chi connectivity index (χ3v) is 4.80. The van der Waals surface area contributed by atoms with Gasteiger partial charge in [-0.2, -0.15) is 0 Å². The summed E-state index contributed by atoms with van der Waals surface area (Å²) in [6.45, 7) is 4.23. The summed E-state index contributed by atoms with van der Waals surface area (Å²) in [6, 6.07) is 0. The Labute approximate surface area is 139 Å². The van der Waals surface area contributed by atoms with Gasteiger partial charge in [-0.05, 0) is 19.0 Å². The summed E-state index contributed by atoms with van der Waals surface area (Å²) < 4.78 is 0. The lowest BCUT2D eigenvalue weighted by atomic mass is 10.0. The number of rotatable bonds is 16. The van der Waals surface area contributed by atoms with Crippen LogP contribution in [-0.4, -0.2) is 5.12 Å². The van der Waals surface area contributed by atoms with E-state index >= 15 is 0 Å². The second-order valence-corrected chi connectivity index (χ2v) is 7.01. The van der Waals surface area contributed by atoms with Crippen molar-refractivity contribution in [1.29, 1.82) is 0 Å². The van der Waals surface area contributed by atoms with Crippen molar-refractivity contribution < 1.29 is 4.79 Å². The van der Waals surface area contributed by atoms with E-state index in [-0.39, 0.29) is 11.0 Å². The molecular formula is C19H37OS. The number of carbonyl (C=O) groups excluding carboxylic acids is 1. The van der Waals surface area contributed by atoms with Gasteiger partial charge in [-0.1, -0.05) is 104 Å². The second-order valence-electron chi connectivity index (χ2n) is 6.60. The normalized spacial score (nSPS) is 12.5. The molecule has 0 N–H and O–H groups in total. The third-order valence-electron chi connectivity index (χ3n) is 4.39. The molecule has 0 saturated heterocycles. The fraction of sp³-hybridized carbons (Fsp3) is 0.947. The van der Waals surface area contributed by atoms with Crippen LogP contribution < -0.4 is 0 Å². The Balaban J connectivity index is 3.04. The molecule has 0 aromatic carbocycles. The van der Waals surface area contributed by atoms with Crippen molar-refractivity contribution in [3.63, 3.8) is 0 Å². The Morgan fingerprint density at radius 2 is 1.05 bits per heavy atom. The molecule has 0 amide bonds. The minimum Gasteiger partial charge on any atom is -0.282 e. The predicted octanol–water partition coefficient (Wildman–Crippen LogP) is 7.22. The van der Waals surface area contributed by atoms with E-state index in [2.05, 4.69) is 19.6 Å². The summed E-state index contributed by atoms with van der Waals surface area (Å²) in [4.78, 5) is 10.9. The van der Waals surface area contributed by atoms with Crippen LogP contribution in [-0.2, 0) is 4.79 Å². The van der Waals surface area contributed by atoms with Crippen LogP contribution in [0.15, 0.2) is 0 Å². The lowest BCUT2D eigenvalue weighted by Gasteiger charge is -2.05. The van der Waals surface area contributed by atoms with Gasteiger partial charge in [0.15, 0.2) is 0 Å². The van der Waals surface area contributed by atoms with Crippen molar-refractivity contribution >= 4 is 17.7 Å². The van der Waals surface area contributed by atoms with Gasteiger partial charge in [-0.3, -0.25) is 4.79 Å². The van der Waals surface area contributed by atoms with Crippen LogP contribution in [0.4, 0.5) is 0 Å². The summed E-state index contributed by atoms with van der Waals surface area (Å²) in [6.07, 6.45) is 20.3. The fourth-order valence-corrected chi connectivity index (χ4v) is 2.88. The van der Waals surface area contributed by atoms with E-state index in [9.17, 15) is 4.79 Å². The fourth-order valence-electron chi connectivity index (χ4n) is 2.76. The first-order valence-electron chi connectivity index (χ1n) is 9.39. The van der Waals surface area contributed by atoms with E-state index in [1.54, 1.807) is 0 Å². The molecule has 1 nitrogen and oxygen atoms in total. The number of hydrogen-bond donors (Lipinski definition) is 0. The highest BCUT2D eigenvalue weighted by Crippen LogP contribution is 2.15. The summed E-state index contributed by atoms with van der Waals surface area (Å²) >= 11 is 4.66. The van der Waals surface area contributed by atoms with Crippen LogP contribution in [0.5, 0.6) is 0 Å². The molecule has 21 heavy (non-hydrogen) atoms. The van der Waals surface area contributed by atoms with Gasteiger partial charge in [0, 0.05) is 5.92 Å². The maximum absolute atomic E-state index is 10.9. The van der Waals surface area contributed by atoms with Crippen LogP contribution in [0.25, 0.3) is 0 Å².